The summed E-state index contributed by atoms with van der Waals surface area (Å²) in [4.78, 5) is 4.45. The lowest BCUT2D eigenvalue weighted by atomic mass is 9.80. The molecule has 50 heavy (non-hydrogen) atoms. The Bertz CT molecular complexity index is 1610. The molecular formula is C38H46IN4O6P. The van der Waals surface area contributed by atoms with Crippen molar-refractivity contribution < 1.29 is 28.0 Å². The van der Waals surface area contributed by atoms with Gasteiger partial charge in [-0.05, 0) is 91.2 Å². The maximum absolute atomic E-state index is 9.27. The Hall–Kier alpha value is -3.08. The number of methoxy groups -OCH3 is 2. The van der Waals surface area contributed by atoms with Crippen LogP contribution in [-0.4, -0.2) is 65.9 Å². The number of benzene rings is 3. The molecule has 0 radical (unpaired) electrons. The van der Waals surface area contributed by atoms with Crippen LogP contribution in [-0.2, 0) is 24.1 Å². The van der Waals surface area contributed by atoms with Gasteiger partial charge in [-0.25, -0.2) is 9.65 Å². The molecule has 2 heterocycles. The van der Waals surface area contributed by atoms with Gasteiger partial charge in [0.1, 0.15) is 33.1 Å². The zero-order chi connectivity index (χ0) is 35.7. The van der Waals surface area contributed by atoms with Gasteiger partial charge in [0.05, 0.1) is 52.4 Å². The highest BCUT2D eigenvalue weighted by Crippen LogP contribution is 2.50. The predicted molar refractivity (Wildman–Crippen MR) is 202 cm³/mol. The second-order valence-electron chi connectivity index (χ2n) is 12.5. The highest BCUT2D eigenvalue weighted by atomic mass is 127. The molecular weight excluding hydrogens is 766 g/mol. The van der Waals surface area contributed by atoms with E-state index in [0.29, 0.717) is 6.42 Å². The number of rotatable bonds is 17. The van der Waals surface area contributed by atoms with Crippen LogP contribution in [0.15, 0.2) is 91.4 Å². The summed E-state index contributed by atoms with van der Waals surface area (Å²) in [5, 5.41) is 9.27. The fourth-order valence-corrected chi connectivity index (χ4v) is 8.51. The van der Waals surface area contributed by atoms with Crippen LogP contribution in [0.25, 0.3) is 0 Å². The monoisotopic (exact) mass is 812 g/mol. The summed E-state index contributed by atoms with van der Waals surface area (Å²) >= 11 is 2.20. The van der Waals surface area contributed by atoms with E-state index in [1.807, 2.05) is 77.5 Å². The van der Waals surface area contributed by atoms with Crippen molar-refractivity contribution in [3.8, 4) is 17.6 Å². The molecule has 1 fully saturated rings. The Morgan fingerprint density at radius 1 is 0.940 bits per heavy atom. The number of ether oxygens (including phenoxy) is 4. The van der Waals surface area contributed by atoms with Crippen LogP contribution in [0.3, 0.4) is 0 Å². The maximum Gasteiger partial charge on any atom is 0.259 e. The number of hydrogen-bond donors (Lipinski definition) is 0. The summed E-state index contributed by atoms with van der Waals surface area (Å²) in [7, 11) is 1.80. The van der Waals surface area contributed by atoms with Gasteiger partial charge in [-0.3, -0.25) is 0 Å². The lowest BCUT2D eigenvalue weighted by Gasteiger charge is -2.39. The van der Waals surface area contributed by atoms with Crippen molar-refractivity contribution in [3.05, 3.63) is 112 Å². The van der Waals surface area contributed by atoms with E-state index in [-0.39, 0.29) is 44.1 Å². The number of imidazole rings is 1. The first-order valence-corrected chi connectivity index (χ1v) is 19.0. The smallest absolute Gasteiger partial charge is 0.259 e. The molecule has 0 spiro atoms. The number of aromatic nitrogens is 2. The van der Waals surface area contributed by atoms with Gasteiger partial charge in [-0.1, -0.05) is 54.6 Å². The molecule has 0 amide bonds. The maximum atomic E-state index is 9.27. The Kier molecular flexibility index (Phi) is 13.7. The third-order valence-corrected chi connectivity index (χ3v) is 11.3. The molecule has 1 aromatic heterocycles. The Balaban J connectivity index is 1.56. The average Bonchev–Trinajstić information content (AvgIpc) is 3.75. The molecule has 1 saturated heterocycles. The summed E-state index contributed by atoms with van der Waals surface area (Å²) in [5.41, 5.74) is 1.79. The molecule has 5 rings (SSSR count). The average molecular weight is 813 g/mol. The summed E-state index contributed by atoms with van der Waals surface area (Å²) in [6.45, 7) is 9.00. The fraction of sp³-hybridized carbons (Fsp3) is 0.421. The van der Waals surface area contributed by atoms with Crippen molar-refractivity contribution in [1.29, 1.82) is 5.26 Å². The molecule has 1 aliphatic heterocycles. The first kappa shape index (κ1) is 38.2. The summed E-state index contributed by atoms with van der Waals surface area (Å²) in [5.74, 6) is 1.50. The molecule has 12 heteroatoms. The number of halogens is 1. The van der Waals surface area contributed by atoms with Gasteiger partial charge in [-0.15, -0.1) is 0 Å². The summed E-state index contributed by atoms with van der Waals surface area (Å²) in [6.07, 6.45) is 3.43. The minimum Gasteiger partial charge on any atom is -0.497 e. The van der Waals surface area contributed by atoms with Crippen molar-refractivity contribution in [2.45, 2.75) is 76.7 Å². The van der Waals surface area contributed by atoms with E-state index in [9.17, 15) is 5.26 Å². The number of hydrogen-bond acceptors (Lipinski definition) is 9. The Labute approximate surface area is 310 Å². The Morgan fingerprint density at radius 3 is 2.02 bits per heavy atom. The quantitative estimate of drug-likeness (QED) is 0.0450. The van der Waals surface area contributed by atoms with Gasteiger partial charge < -0.3 is 32.6 Å². The molecule has 4 atom stereocenters. The molecule has 0 N–H and O–H groups in total. The molecule has 266 valence electrons. The Morgan fingerprint density at radius 2 is 1.52 bits per heavy atom. The van der Waals surface area contributed by atoms with Crippen LogP contribution in [0.2, 0.25) is 0 Å². The largest absolute Gasteiger partial charge is 0.497 e. The van der Waals surface area contributed by atoms with Crippen molar-refractivity contribution in [3.63, 3.8) is 0 Å². The van der Waals surface area contributed by atoms with Crippen LogP contribution >= 0.6 is 31.1 Å². The molecule has 1 unspecified atom stereocenters. The van der Waals surface area contributed by atoms with E-state index in [1.165, 1.54) is 0 Å². The van der Waals surface area contributed by atoms with Crippen molar-refractivity contribution in [1.82, 2.24) is 14.2 Å². The topological polar surface area (TPSA) is 100 Å². The van der Waals surface area contributed by atoms with E-state index >= 15 is 0 Å². The van der Waals surface area contributed by atoms with Crippen LogP contribution in [0.4, 0.5) is 0 Å². The van der Waals surface area contributed by atoms with Gasteiger partial charge in [0, 0.05) is 24.7 Å². The lowest BCUT2D eigenvalue weighted by Crippen LogP contribution is -2.39. The second kappa shape index (κ2) is 17.9. The third-order valence-electron chi connectivity index (χ3n) is 8.61. The molecule has 0 aliphatic carbocycles. The minimum absolute atomic E-state index is 0.155. The van der Waals surface area contributed by atoms with Gasteiger partial charge in [0.25, 0.3) is 8.53 Å². The van der Waals surface area contributed by atoms with Crippen LogP contribution in [0.1, 0.15) is 63.5 Å². The van der Waals surface area contributed by atoms with Crippen molar-refractivity contribution in [2.24, 2.45) is 0 Å². The van der Waals surface area contributed by atoms with E-state index in [0.717, 1.165) is 31.9 Å². The van der Waals surface area contributed by atoms with E-state index < -0.39 is 20.2 Å². The van der Waals surface area contributed by atoms with E-state index in [2.05, 4.69) is 78.1 Å². The van der Waals surface area contributed by atoms with Crippen molar-refractivity contribution in [2.75, 3.05) is 27.4 Å². The number of nitriles is 1. The van der Waals surface area contributed by atoms with Crippen LogP contribution in [0, 0.1) is 15.0 Å². The normalized spacial score (nSPS) is 18.5. The SMILES string of the molecule is COc1ccc(C(OC[C@H]2O[C@@H](n3cnc(I)c3)C[C@@H]2OP(OCCC#N)N(C(C)C)C(C)C)(c2ccccc2)c2ccc(OC)cc2)cc1. The van der Waals surface area contributed by atoms with Gasteiger partial charge in [-0.2, -0.15) is 5.26 Å². The lowest BCUT2D eigenvalue weighted by molar-refractivity contribution is -0.0918. The van der Waals surface area contributed by atoms with Gasteiger partial charge >= 0.3 is 0 Å². The fourth-order valence-electron chi connectivity index (χ4n) is 6.31. The van der Waals surface area contributed by atoms with Crippen LogP contribution in [0.5, 0.6) is 11.5 Å². The minimum atomic E-state index is -1.52. The zero-order valence-corrected chi connectivity index (χ0v) is 32.5. The summed E-state index contributed by atoms with van der Waals surface area (Å²) in [6, 6.07) is 28.7. The standard InChI is InChI=1S/C38H46IN4O6P/c1-27(2)43(28(3)4)50(47-22-10-21-40)49-34-23-37(42-24-36(39)41-26-42)48-35(34)25-46-38(29-11-8-7-9-12-29,30-13-17-32(44-5)18-14-30)31-15-19-33(45-6)20-16-31/h7-9,11-20,24,26-28,34-35,37H,10,22-23,25H2,1-6H3/t34-,35+,37+,50?/m0/s1. The summed E-state index contributed by atoms with van der Waals surface area (Å²) < 4.78 is 43.5. The first-order valence-electron chi connectivity index (χ1n) is 16.8. The molecule has 4 aromatic rings. The highest BCUT2D eigenvalue weighted by molar-refractivity contribution is 14.1. The highest BCUT2D eigenvalue weighted by Gasteiger charge is 2.44. The molecule has 10 nitrogen and oxygen atoms in total. The number of nitrogens with zero attached hydrogens (tertiary/aromatic N) is 4. The zero-order valence-electron chi connectivity index (χ0n) is 29.4. The van der Waals surface area contributed by atoms with Crippen LogP contribution < -0.4 is 9.47 Å². The molecule has 1 aliphatic rings. The van der Waals surface area contributed by atoms with E-state index in [4.69, 9.17) is 28.0 Å². The van der Waals surface area contributed by atoms with E-state index in [1.54, 1.807) is 20.5 Å². The molecule has 3 aromatic carbocycles. The van der Waals surface area contributed by atoms with Crippen molar-refractivity contribution >= 4 is 31.1 Å². The molecule has 0 saturated carbocycles. The predicted octanol–water partition coefficient (Wildman–Crippen LogP) is 8.46. The first-order chi connectivity index (χ1) is 24.2. The third kappa shape index (κ3) is 8.86. The van der Waals surface area contributed by atoms with Gasteiger partial charge in [0.15, 0.2) is 0 Å². The second-order valence-corrected chi connectivity index (χ2v) is 15.0. The molecule has 0 bridgehead atoms. The van der Waals surface area contributed by atoms with Gasteiger partial charge in [0.2, 0.25) is 0 Å².